The summed E-state index contributed by atoms with van der Waals surface area (Å²) in [6, 6.07) is 4.94. The molecule has 102 valence electrons. The molecule has 0 aliphatic rings. The highest BCUT2D eigenvalue weighted by Gasteiger charge is 2.35. The summed E-state index contributed by atoms with van der Waals surface area (Å²) >= 11 is 0. The fourth-order valence-electron chi connectivity index (χ4n) is 2.09. The smallest absolute Gasteiger partial charge is 0.336 e. The van der Waals surface area contributed by atoms with Gasteiger partial charge in [-0.2, -0.15) is 13.2 Å². The van der Waals surface area contributed by atoms with Crippen LogP contribution in [-0.2, 0) is 13.2 Å². The van der Waals surface area contributed by atoms with E-state index in [1.165, 1.54) is 12.1 Å². The van der Waals surface area contributed by atoms with Crippen molar-refractivity contribution in [1.82, 2.24) is 14.9 Å². The van der Waals surface area contributed by atoms with E-state index in [-0.39, 0.29) is 5.56 Å². The molecule has 1 atom stereocenters. The first-order valence-electron chi connectivity index (χ1n) is 5.75. The Balaban J connectivity index is 2.54. The largest absolute Gasteiger partial charge is 0.416 e. The first-order chi connectivity index (χ1) is 8.95. The predicted octanol–water partition coefficient (Wildman–Crippen LogP) is 2.75. The zero-order valence-electron chi connectivity index (χ0n) is 10.6. The number of hydrogen-bond acceptors (Lipinski definition) is 2. The molecule has 6 heteroatoms. The van der Waals surface area contributed by atoms with Gasteiger partial charge in [0.25, 0.3) is 0 Å². The minimum absolute atomic E-state index is 0.173. The van der Waals surface area contributed by atoms with Crippen molar-refractivity contribution in [1.29, 1.82) is 0 Å². The molecule has 0 saturated heterocycles. The Labute approximate surface area is 109 Å². The van der Waals surface area contributed by atoms with E-state index in [9.17, 15) is 13.2 Å². The molecular weight excluding hydrogens is 255 g/mol. The Morgan fingerprint density at radius 2 is 1.95 bits per heavy atom. The van der Waals surface area contributed by atoms with Crippen molar-refractivity contribution in [2.45, 2.75) is 12.2 Å². The van der Waals surface area contributed by atoms with Crippen molar-refractivity contribution in [2.75, 3.05) is 7.05 Å². The maximum Gasteiger partial charge on any atom is 0.416 e. The molecule has 0 radical (unpaired) electrons. The lowest BCUT2D eigenvalue weighted by Gasteiger charge is -2.21. The van der Waals surface area contributed by atoms with Crippen LogP contribution in [0.4, 0.5) is 13.2 Å². The van der Waals surface area contributed by atoms with Crippen LogP contribution in [0.2, 0.25) is 0 Å². The van der Waals surface area contributed by atoms with Crippen molar-refractivity contribution in [3.8, 4) is 0 Å². The van der Waals surface area contributed by atoms with E-state index in [1.807, 2.05) is 0 Å². The molecule has 0 aliphatic carbocycles. The van der Waals surface area contributed by atoms with Crippen LogP contribution in [0, 0.1) is 0 Å². The SMILES string of the molecule is CNC(c1ccccc1C(F)(F)F)c1nccn1C. The number of aryl methyl sites for hydroxylation is 1. The van der Waals surface area contributed by atoms with E-state index in [4.69, 9.17) is 0 Å². The summed E-state index contributed by atoms with van der Waals surface area (Å²) in [7, 11) is 3.37. The van der Waals surface area contributed by atoms with Crippen LogP contribution in [0.1, 0.15) is 23.0 Å². The second-order valence-corrected chi connectivity index (χ2v) is 4.20. The number of nitrogens with zero attached hydrogens (tertiary/aromatic N) is 2. The molecule has 1 aromatic heterocycles. The van der Waals surface area contributed by atoms with Crippen LogP contribution < -0.4 is 5.32 Å². The van der Waals surface area contributed by atoms with E-state index in [2.05, 4.69) is 10.3 Å². The highest BCUT2D eigenvalue weighted by molar-refractivity contribution is 5.35. The molecule has 19 heavy (non-hydrogen) atoms. The number of halogens is 3. The fourth-order valence-corrected chi connectivity index (χ4v) is 2.09. The maximum atomic E-state index is 13.0. The molecule has 1 aromatic carbocycles. The molecule has 2 rings (SSSR count). The molecule has 3 nitrogen and oxygen atoms in total. The van der Waals surface area contributed by atoms with Gasteiger partial charge < -0.3 is 9.88 Å². The number of rotatable bonds is 3. The summed E-state index contributed by atoms with van der Waals surface area (Å²) in [5, 5.41) is 2.89. The van der Waals surface area contributed by atoms with Gasteiger partial charge in [-0.1, -0.05) is 18.2 Å². The van der Waals surface area contributed by atoms with Gasteiger partial charge in [0.15, 0.2) is 0 Å². The van der Waals surface area contributed by atoms with Crippen LogP contribution in [0.15, 0.2) is 36.7 Å². The highest BCUT2D eigenvalue weighted by atomic mass is 19.4. The summed E-state index contributed by atoms with van der Waals surface area (Å²) in [4.78, 5) is 4.12. The van der Waals surface area contributed by atoms with Gasteiger partial charge in [0.1, 0.15) is 5.82 Å². The molecule has 0 amide bonds. The number of benzene rings is 1. The quantitative estimate of drug-likeness (QED) is 0.928. The van der Waals surface area contributed by atoms with Gasteiger partial charge in [0, 0.05) is 19.4 Å². The first-order valence-corrected chi connectivity index (χ1v) is 5.75. The van der Waals surface area contributed by atoms with Crippen molar-refractivity contribution in [2.24, 2.45) is 7.05 Å². The number of alkyl halides is 3. The van der Waals surface area contributed by atoms with Gasteiger partial charge in [-0.25, -0.2) is 4.98 Å². The summed E-state index contributed by atoms with van der Waals surface area (Å²) in [6.45, 7) is 0. The summed E-state index contributed by atoms with van der Waals surface area (Å²) in [5.41, 5.74) is -0.468. The minimum atomic E-state index is -4.38. The second-order valence-electron chi connectivity index (χ2n) is 4.20. The molecule has 0 fully saturated rings. The average Bonchev–Trinajstić information content (AvgIpc) is 2.76. The van der Waals surface area contributed by atoms with E-state index in [0.717, 1.165) is 6.07 Å². The maximum absolute atomic E-state index is 13.0. The van der Waals surface area contributed by atoms with Crippen molar-refractivity contribution >= 4 is 0 Å². The van der Waals surface area contributed by atoms with Gasteiger partial charge in [-0.15, -0.1) is 0 Å². The van der Waals surface area contributed by atoms with Gasteiger partial charge >= 0.3 is 6.18 Å². The third kappa shape index (κ3) is 2.63. The van der Waals surface area contributed by atoms with E-state index < -0.39 is 17.8 Å². The molecule has 1 heterocycles. The Bertz CT molecular complexity index is 560. The molecule has 1 N–H and O–H groups in total. The lowest BCUT2D eigenvalue weighted by Crippen LogP contribution is -2.24. The first kappa shape index (κ1) is 13.6. The van der Waals surface area contributed by atoms with E-state index in [1.54, 1.807) is 37.1 Å². The average molecular weight is 269 g/mol. The Kier molecular flexibility index (Phi) is 3.61. The Morgan fingerprint density at radius 3 is 2.47 bits per heavy atom. The predicted molar refractivity (Wildman–Crippen MR) is 65.6 cm³/mol. The van der Waals surface area contributed by atoms with Crippen LogP contribution in [0.5, 0.6) is 0 Å². The second kappa shape index (κ2) is 5.05. The lowest BCUT2D eigenvalue weighted by atomic mass is 9.99. The zero-order chi connectivity index (χ0) is 14.0. The summed E-state index contributed by atoms with van der Waals surface area (Å²) < 4.78 is 40.8. The molecular formula is C13H14F3N3. The standard InChI is InChI=1S/C13H14F3N3/c1-17-11(12-18-7-8-19(12)2)9-5-3-4-6-10(9)13(14,15)16/h3-8,11,17H,1-2H3. The normalized spacial score (nSPS) is 13.5. The van der Waals surface area contributed by atoms with Crippen LogP contribution in [0.3, 0.4) is 0 Å². The lowest BCUT2D eigenvalue weighted by molar-refractivity contribution is -0.138. The van der Waals surface area contributed by atoms with Crippen molar-refractivity contribution in [3.63, 3.8) is 0 Å². The third-order valence-electron chi connectivity index (χ3n) is 2.98. The summed E-state index contributed by atoms with van der Waals surface area (Å²) in [6.07, 6.45) is -1.11. The number of imidazole rings is 1. The van der Waals surface area contributed by atoms with Gasteiger partial charge in [0.2, 0.25) is 0 Å². The van der Waals surface area contributed by atoms with Gasteiger partial charge in [-0.05, 0) is 18.7 Å². The molecule has 0 bridgehead atoms. The van der Waals surface area contributed by atoms with Gasteiger partial charge in [0.05, 0.1) is 11.6 Å². The highest BCUT2D eigenvalue weighted by Crippen LogP contribution is 2.35. The van der Waals surface area contributed by atoms with Gasteiger partial charge in [-0.3, -0.25) is 0 Å². The topological polar surface area (TPSA) is 29.9 Å². The fraction of sp³-hybridized carbons (Fsp3) is 0.308. The van der Waals surface area contributed by atoms with Crippen LogP contribution in [-0.4, -0.2) is 16.6 Å². The van der Waals surface area contributed by atoms with Crippen molar-refractivity contribution in [3.05, 3.63) is 53.6 Å². The van der Waals surface area contributed by atoms with Crippen LogP contribution in [0.25, 0.3) is 0 Å². The van der Waals surface area contributed by atoms with Crippen LogP contribution >= 0.6 is 0 Å². The van der Waals surface area contributed by atoms with Crippen molar-refractivity contribution < 1.29 is 13.2 Å². The molecule has 1 unspecified atom stereocenters. The molecule has 2 aromatic rings. The third-order valence-corrected chi connectivity index (χ3v) is 2.98. The Morgan fingerprint density at radius 1 is 1.26 bits per heavy atom. The molecule has 0 aliphatic heterocycles. The zero-order valence-corrected chi connectivity index (χ0v) is 10.6. The summed E-state index contributed by atoms with van der Waals surface area (Å²) in [5.74, 6) is 0.541. The van der Waals surface area contributed by atoms with E-state index >= 15 is 0 Å². The number of nitrogens with one attached hydrogen (secondary N) is 1. The minimum Gasteiger partial charge on any atom is -0.336 e. The number of hydrogen-bond donors (Lipinski definition) is 1. The van der Waals surface area contributed by atoms with E-state index in [0.29, 0.717) is 5.82 Å². The monoisotopic (exact) mass is 269 g/mol. The molecule has 0 saturated carbocycles. The number of aromatic nitrogens is 2. The molecule has 0 spiro atoms. The Hall–Kier alpha value is -1.82.